The predicted molar refractivity (Wildman–Crippen MR) is 106 cm³/mol. The van der Waals surface area contributed by atoms with E-state index in [9.17, 15) is 22.8 Å². The summed E-state index contributed by atoms with van der Waals surface area (Å²) >= 11 is 0. The molecule has 0 aliphatic heterocycles. The molecular weight excluding hydrogens is 399 g/mol. The summed E-state index contributed by atoms with van der Waals surface area (Å²) in [6.07, 6.45) is -4.48. The van der Waals surface area contributed by atoms with Crippen LogP contribution in [0.15, 0.2) is 48.5 Å². The molecule has 2 aromatic carbocycles. The summed E-state index contributed by atoms with van der Waals surface area (Å²) in [5.74, 6) is 0.00375. The van der Waals surface area contributed by atoms with Crippen molar-refractivity contribution in [3.05, 3.63) is 59.9 Å². The first-order chi connectivity index (χ1) is 14.2. The van der Waals surface area contributed by atoms with Crippen LogP contribution < -0.4 is 16.0 Å². The van der Waals surface area contributed by atoms with Gasteiger partial charge in [0.15, 0.2) is 0 Å². The van der Waals surface area contributed by atoms with Gasteiger partial charge in [0.2, 0.25) is 0 Å². The Bertz CT molecular complexity index is 1040. The molecule has 3 N–H and O–H groups in total. The van der Waals surface area contributed by atoms with Gasteiger partial charge in [-0.25, -0.2) is 9.78 Å². The number of hydrogen-bond donors (Lipinski definition) is 3. The number of aromatic nitrogens is 2. The molecule has 0 bridgehead atoms. The van der Waals surface area contributed by atoms with Crippen molar-refractivity contribution in [2.45, 2.75) is 19.6 Å². The average molecular weight is 419 g/mol. The highest BCUT2D eigenvalue weighted by molar-refractivity contribution is 5.95. The summed E-state index contributed by atoms with van der Waals surface area (Å²) in [4.78, 5) is 28.2. The van der Waals surface area contributed by atoms with Gasteiger partial charge in [0.05, 0.1) is 11.0 Å². The number of fused-ring (bicyclic) bond motifs is 1. The van der Waals surface area contributed by atoms with E-state index >= 15 is 0 Å². The highest BCUT2D eigenvalue weighted by Gasteiger charge is 2.27. The van der Waals surface area contributed by atoms with Crippen molar-refractivity contribution in [3.63, 3.8) is 0 Å². The number of hydrogen-bond acceptors (Lipinski definition) is 3. The highest BCUT2D eigenvalue weighted by atomic mass is 19.4. The molecule has 0 unspecified atom stereocenters. The molecule has 0 spiro atoms. The summed E-state index contributed by atoms with van der Waals surface area (Å²) in [7, 11) is 0. The lowest BCUT2D eigenvalue weighted by molar-refractivity contribution is -0.123. The second-order valence-corrected chi connectivity index (χ2v) is 6.56. The molecule has 7 nitrogen and oxygen atoms in total. The normalized spacial score (nSPS) is 11.3. The van der Waals surface area contributed by atoms with E-state index in [-0.39, 0.29) is 5.56 Å². The second kappa shape index (κ2) is 8.85. The minimum Gasteiger partial charge on any atom is -0.343 e. The Morgan fingerprint density at radius 1 is 1.03 bits per heavy atom. The Kier molecular flexibility index (Phi) is 6.24. The summed E-state index contributed by atoms with van der Waals surface area (Å²) in [5.41, 5.74) is 2.34. The third kappa shape index (κ3) is 5.49. The number of amides is 3. The number of nitrogens with one attached hydrogen (secondary N) is 3. The molecule has 3 aromatic rings. The van der Waals surface area contributed by atoms with Crippen LogP contribution in [0.4, 0.5) is 23.7 Å². The summed E-state index contributed by atoms with van der Waals surface area (Å²) in [6.45, 7) is 1.40. The monoisotopic (exact) mass is 419 g/mol. The standard InChI is InChI=1S/C20H20F3N5O2/c1-13-26-16-4-2-3-5-17(16)28(13)11-10-24-19(30)27-15-8-6-14(7-9-15)18(29)25-12-20(21,22)23/h2-9H,10-12H2,1H3,(H,25,29)(H2,24,27,30). The number of halogens is 3. The third-order valence-corrected chi connectivity index (χ3v) is 4.32. The Labute approximate surface area is 170 Å². The average Bonchev–Trinajstić information content (AvgIpc) is 3.01. The van der Waals surface area contributed by atoms with Gasteiger partial charge in [-0.05, 0) is 43.3 Å². The zero-order valence-electron chi connectivity index (χ0n) is 16.1. The van der Waals surface area contributed by atoms with Crippen molar-refractivity contribution in [2.75, 3.05) is 18.4 Å². The lowest BCUT2D eigenvalue weighted by atomic mass is 10.2. The molecule has 0 saturated carbocycles. The van der Waals surface area contributed by atoms with Crippen LogP contribution in [0.2, 0.25) is 0 Å². The van der Waals surface area contributed by atoms with E-state index in [0.29, 0.717) is 18.8 Å². The number of anilines is 1. The summed E-state index contributed by atoms with van der Waals surface area (Å²) in [6, 6.07) is 12.8. The van der Waals surface area contributed by atoms with Crippen LogP contribution in [0.25, 0.3) is 11.0 Å². The molecule has 0 radical (unpaired) electrons. The van der Waals surface area contributed by atoms with Crippen molar-refractivity contribution in [3.8, 4) is 0 Å². The van der Waals surface area contributed by atoms with Gasteiger partial charge in [0, 0.05) is 24.3 Å². The molecule has 0 atom stereocenters. The SMILES string of the molecule is Cc1nc2ccccc2n1CCNC(=O)Nc1ccc(C(=O)NCC(F)(F)F)cc1. The number of alkyl halides is 3. The molecule has 1 aromatic heterocycles. The van der Waals surface area contributed by atoms with E-state index in [1.165, 1.54) is 24.3 Å². The lowest BCUT2D eigenvalue weighted by Crippen LogP contribution is -2.33. The maximum absolute atomic E-state index is 12.2. The largest absolute Gasteiger partial charge is 0.405 e. The molecule has 0 fully saturated rings. The van der Waals surface area contributed by atoms with Gasteiger partial charge >= 0.3 is 12.2 Å². The first-order valence-corrected chi connectivity index (χ1v) is 9.15. The topological polar surface area (TPSA) is 88.1 Å². The van der Waals surface area contributed by atoms with E-state index in [0.717, 1.165) is 16.9 Å². The maximum Gasteiger partial charge on any atom is 0.405 e. The summed E-state index contributed by atoms with van der Waals surface area (Å²) in [5, 5.41) is 7.13. The fraction of sp³-hybridized carbons (Fsp3) is 0.250. The van der Waals surface area contributed by atoms with E-state index in [2.05, 4.69) is 15.6 Å². The number of rotatable bonds is 6. The molecular formula is C20H20F3N5O2. The van der Waals surface area contributed by atoms with Crippen molar-refractivity contribution in [1.82, 2.24) is 20.2 Å². The fourth-order valence-electron chi connectivity index (χ4n) is 2.92. The van der Waals surface area contributed by atoms with E-state index < -0.39 is 24.7 Å². The van der Waals surface area contributed by atoms with Crippen molar-refractivity contribution in [2.24, 2.45) is 0 Å². The first-order valence-electron chi connectivity index (χ1n) is 9.15. The number of carbonyl (C=O) groups is 2. The molecule has 30 heavy (non-hydrogen) atoms. The number of carbonyl (C=O) groups excluding carboxylic acids is 2. The minimum absolute atomic E-state index is 0.0627. The molecule has 0 aliphatic rings. The first kappa shape index (κ1) is 21.2. The van der Waals surface area contributed by atoms with E-state index in [4.69, 9.17) is 0 Å². The molecule has 1 heterocycles. The predicted octanol–water partition coefficient (Wildman–Crippen LogP) is 3.46. The van der Waals surface area contributed by atoms with Crippen molar-refractivity contribution in [1.29, 1.82) is 0 Å². The number of benzene rings is 2. The van der Waals surface area contributed by atoms with Crippen LogP contribution in [0.5, 0.6) is 0 Å². The van der Waals surface area contributed by atoms with Crippen LogP contribution in [0.1, 0.15) is 16.2 Å². The van der Waals surface area contributed by atoms with Crippen LogP contribution >= 0.6 is 0 Å². The zero-order valence-corrected chi connectivity index (χ0v) is 16.1. The Balaban J connectivity index is 1.49. The quantitative estimate of drug-likeness (QED) is 0.572. The fourth-order valence-corrected chi connectivity index (χ4v) is 2.92. The van der Waals surface area contributed by atoms with Gasteiger partial charge in [-0.15, -0.1) is 0 Å². The van der Waals surface area contributed by atoms with Gasteiger partial charge < -0.3 is 20.5 Å². The third-order valence-electron chi connectivity index (χ3n) is 4.32. The van der Waals surface area contributed by atoms with Gasteiger partial charge in [0.25, 0.3) is 5.91 Å². The highest BCUT2D eigenvalue weighted by Crippen LogP contribution is 2.15. The Hall–Kier alpha value is -3.56. The maximum atomic E-state index is 12.2. The number of aryl methyl sites for hydroxylation is 1. The van der Waals surface area contributed by atoms with Gasteiger partial charge in [0.1, 0.15) is 12.4 Å². The smallest absolute Gasteiger partial charge is 0.343 e. The molecule has 158 valence electrons. The zero-order chi connectivity index (χ0) is 21.7. The molecule has 0 saturated heterocycles. The Morgan fingerprint density at radius 3 is 2.43 bits per heavy atom. The molecule has 3 rings (SSSR count). The Morgan fingerprint density at radius 2 is 1.73 bits per heavy atom. The lowest BCUT2D eigenvalue weighted by Gasteiger charge is -2.11. The van der Waals surface area contributed by atoms with Gasteiger partial charge in [-0.2, -0.15) is 13.2 Å². The summed E-state index contributed by atoms with van der Waals surface area (Å²) < 4.78 is 38.5. The van der Waals surface area contributed by atoms with Crippen LogP contribution in [-0.2, 0) is 6.54 Å². The van der Waals surface area contributed by atoms with Gasteiger partial charge in [-0.1, -0.05) is 12.1 Å². The molecule has 0 aliphatic carbocycles. The molecule has 3 amide bonds. The number of para-hydroxylation sites is 2. The minimum atomic E-state index is -4.48. The van der Waals surface area contributed by atoms with Crippen LogP contribution in [0, 0.1) is 6.92 Å². The van der Waals surface area contributed by atoms with Crippen molar-refractivity contribution < 1.29 is 22.8 Å². The van der Waals surface area contributed by atoms with Crippen LogP contribution in [-0.4, -0.2) is 40.8 Å². The molecule has 10 heteroatoms. The second-order valence-electron chi connectivity index (χ2n) is 6.56. The van der Waals surface area contributed by atoms with Crippen LogP contribution in [0.3, 0.4) is 0 Å². The number of urea groups is 1. The van der Waals surface area contributed by atoms with Crippen molar-refractivity contribution >= 4 is 28.7 Å². The number of nitrogens with zero attached hydrogens (tertiary/aromatic N) is 2. The number of imidazole rings is 1. The van der Waals surface area contributed by atoms with E-state index in [1.54, 1.807) is 5.32 Å². The van der Waals surface area contributed by atoms with Gasteiger partial charge in [-0.3, -0.25) is 4.79 Å². The van der Waals surface area contributed by atoms with E-state index in [1.807, 2.05) is 35.8 Å².